The van der Waals surface area contributed by atoms with Gasteiger partial charge in [0.05, 0.1) is 0 Å². The summed E-state index contributed by atoms with van der Waals surface area (Å²) in [6.07, 6.45) is 2.93. The van der Waals surface area contributed by atoms with E-state index in [0.717, 1.165) is 17.9 Å². The second-order valence-electron chi connectivity index (χ2n) is 5.88. The molecule has 0 atom stereocenters. The third-order valence-corrected chi connectivity index (χ3v) is 4.48. The average Bonchev–Trinajstić information content (AvgIpc) is 2.53. The first-order valence-corrected chi connectivity index (χ1v) is 7.81. The fourth-order valence-electron chi connectivity index (χ4n) is 2.88. The molecule has 3 aromatic rings. The quantitative estimate of drug-likeness (QED) is 0.692. The number of hydrogen-bond donors (Lipinski definition) is 1. The number of nitrogens with zero attached hydrogens (tertiary/aromatic N) is 1. The van der Waals surface area contributed by atoms with Crippen LogP contribution in [0.1, 0.15) is 29.2 Å². The van der Waals surface area contributed by atoms with Crippen molar-refractivity contribution in [2.24, 2.45) is 0 Å². The summed E-state index contributed by atoms with van der Waals surface area (Å²) >= 11 is 0. The van der Waals surface area contributed by atoms with Crippen LogP contribution in [0.15, 0.2) is 42.6 Å². The second kappa shape index (κ2) is 5.80. The number of pyridine rings is 1. The molecule has 0 amide bonds. The van der Waals surface area contributed by atoms with Gasteiger partial charge in [-0.05, 0) is 73.0 Å². The molecular weight excluding hydrogens is 268 g/mol. The first kappa shape index (κ1) is 14.6. The molecule has 0 unspecified atom stereocenters. The van der Waals surface area contributed by atoms with E-state index in [4.69, 9.17) is 0 Å². The van der Waals surface area contributed by atoms with Gasteiger partial charge in [-0.1, -0.05) is 25.1 Å². The van der Waals surface area contributed by atoms with Gasteiger partial charge >= 0.3 is 0 Å². The van der Waals surface area contributed by atoms with Gasteiger partial charge < -0.3 is 5.32 Å². The summed E-state index contributed by atoms with van der Waals surface area (Å²) in [6, 6.07) is 12.9. The van der Waals surface area contributed by atoms with Crippen LogP contribution in [0.3, 0.4) is 0 Å². The molecule has 0 saturated carbocycles. The molecule has 0 aliphatic carbocycles. The van der Waals surface area contributed by atoms with E-state index in [2.05, 4.69) is 74.4 Å². The van der Waals surface area contributed by atoms with Gasteiger partial charge in [-0.3, -0.25) is 0 Å². The van der Waals surface area contributed by atoms with E-state index in [-0.39, 0.29) is 0 Å². The van der Waals surface area contributed by atoms with Crippen LogP contribution in [0.2, 0.25) is 0 Å². The Hall–Kier alpha value is -2.35. The van der Waals surface area contributed by atoms with Gasteiger partial charge in [-0.2, -0.15) is 0 Å². The van der Waals surface area contributed by atoms with E-state index in [1.807, 2.05) is 6.20 Å². The Morgan fingerprint density at radius 3 is 2.45 bits per heavy atom. The monoisotopic (exact) mass is 290 g/mol. The zero-order chi connectivity index (χ0) is 15.7. The van der Waals surface area contributed by atoms with E-state index in [1.165, 1.54) is 33.0 Å². The predicted octanol–water partition coefficient (Wildman–Crippen LogP) is 5.47. The number of aromatic nitrogens is 1. The summed E-state index contributed by atoms with van der Waals surface area (Å²) in [5.41, 5.74) is 6.44. The van der Waals surface area contributed by atoms with E-state index >= 15 is 0 Å². The van der Waals surface area contributed by atoms with Crippen molar-refractivity contribution in [1.82, 2.24) is 4.98 Å². The number of anilines is 2. The highest BCUT2D eigenvalue weighted by Crippen LogP contribution is 2.28. The van der Waals surface area contributed by atoms with Gasteiger partial charge in [-0.15, -0.1) is 0 Å². The van der Waals surface area contributed by atoms with Crippen molar-refractivity contribution >= 4 is 22.3 Å². The third-order valence-electron chi connectivity index (χ3n) is 4.48. The Bertz CT molecular complexity index is 834. The van der Waals surface area contributed by atoms with Gasteiger partial charge in [0.2, 0.25) is 0 Å². The SMILES string of the molecule is CCc1cc(Nc2nccc3c(C)c(C)ccc23)ccc1C. The first-order valence-electron chi connectivity index (χ1n) is 7.81. The number of nitrogens with one attached hydrogen (secondary N) is 1. The summed E-state index contributed by atoms with van der Waals surface area (Å²) in [7, 11) is 0. The van der Waals surface area contributed by atoms with Gasteiger partial charge in [0.15, 0.2) is 0 Å². The number of hydrogen-bond acceptors (Lipinski definition) is 2. The highest BCUT2D eigenvalue weighted by atomic mass is 15.0. The molecule has 0 fully saturated rings. The molecule has 2 heteroatoms. The molecule has 1 heterocycles. The zero-order valence-electron chi connectivity index (χ0n) is 13.7. The number of fused-ring (bicyclic) bond motifs is 1. The summed E-state index contributed by atoms with van der Waals surface area (Å²) in [6.45, 7) is 8.66. The largest absolute Gasteiger partial charge is 0.340 e. The first-order chi connectivity index (χ1) is 10.6. The van der Waals surface area contributed by atoms with Gasteiger partial charge in [-0.25, -0.2) is 4.98 Å². The van der Waals surface area contributed by atoms with Gasteiger partial charge in [0.25, 0.3) is 0 Å². The Morgan fingerprint density at radius 1 is 0.909 bits per heavy atom. The Kier molecular flexibility index (Phi) is 3.84. The lowest BCUT2D eigenvalue weighted by Crippen LogP contribution is -1.97. The van der Waals surface area contributed by atoms with Crippen LogP contribution < -0.4 is 5.32 Å². The van der Waals surface area contributed by atoms with E-state index in [1.54, 1.807) is 0 Å². The van der Waals surface area contributed by atoms with Crippen LogP contribution in [0, 0.1) is 20.8 Å². The predicted molar refractivity (Wildman–Crippen MR) is 95.1 cm³/mol. The molecule has 0 aliphatic rings. The molecule has 0 aliphatic heterocycles. The standard InChI is InChI=1S/C20H22N2/c1-5-16-12-17(8-6-14(16)3)22-20-19-9-7-13(2)15(4)18(19)10-11-21-20/h6-12H,5H2,1-4H3,(H,21,22). The number of aryl methyl sites for hydroxylation is 4. The van der Waals surface area contributed by atoms with Crippen LogP contribution in [-0.2, 0) is 6.42 Å². The molecule has 2 aromatic carbocycles. The average molecular weight is 290 g/mol. The number of benzene rings is 2. The van der Waals surface area contributed by atoms with Gasteiger partial charge in [0.1, 0.15) is 5.82 Å². The highest BCUT2D eigenvalue weighted by molar-refractivity contribution is 5.95. The zero-order valence-corrected chi connectivity index (χ0v) is 13.7. The van der Waals surface area contributed by atoms with Crippen molar-refractivity contribution in [3.05, 3.63) is 64.8 Å². The van der Waals surface area contributed by atoms with Crippen molar-refractivity contribution in [2.45, 2.75) is 34.1 Å². The molecule has 3 rings (SSSR count). The maximum Gasteiger partial charge on any atom is 0.138 e. The lowest BCUT2D eigenvalue weighted by molar-refractivity contribution is 1.11. The molecule has 0 bridgehead atoms. The molecule has 0 spiro atoms. The Labute approximate surface area is 132 Å². The molecule has 0 saturated heterocycles. The minimum absolute atomic E-state index is 0.923. The number of rotatable bonds is 3. The summed E-state index contributed by atoms with van der Waals surface area (Å²) < 4.78 is 0. The Balaban J connectivity index is 2.06. The smallest absolute Gasteiger partial charge is 0.138 e. The topological polar surface area (TPSA) is 24.9 Å². The molecule has 0 radical (unpaired) electrons. The van der Waals surface area contributed by atoms with Crippen molar-refractivity contribution < 1.29 is 0 Å². The maximum atomic E-state index is 4.54. The van der Waals surface area contributed by atoms with Crippen LogP contribution in [0.4, 0.5) is 11.5 Å². The molecular formula is C20H22N2. The highest BCUT2D eigenvalue weighted by Gasteiger charge is 2.07. The molecule has 1 N–H and O–H groups in total. The summed E-state index contributed by atoms with van der Waals surface area (Å²) in [5, 5.41) is 5.92. The summed E-state index contributed by atoms with van der Waals surface area (Å²) in [5.74, 6) is 0.923. The molecule has 22 heavy (non-hydrogen) atoms. The summed E-state index contributed by atoms with van der Waals surface area (Å²) in [4.78, 5) is 4.54. The van der Waals surface area contributed by atoms with Gasteiger partial charge in [0, 0.05) is 17.3 Å². The van der Waals surface area contributed by atoms with Crippen LogP contribution in [0.5, 0.6) is 0 Å². The third kappa shape index (κ3) is 2.57. The van der Waals surface area contributed by atoms with Crippen LogP contribution in [-0.4, -0.2) is 4.98 Å². The van der Waals surface area contributed by atoms with Crippen molar-refractivity contribution in [3.63, 3.8) is 0 Å². The van der Waals surface area contributed by atoms with Crippen molar-refractivity contribution in [2.75, 3.05) is 5.32 Å². The van der Waals surface area contributed by atoms with E-state index in [0.29, 0.717) is 0 Å². The minimum Gasteiger partial charge on any atom is -0.340 e. The fourth-order valence-corrected chi connectivity index (χ4v) is 2.88. The normalized spacial score (nSPS) is 10.9. The van der Waals surface area contributed by atoms with Crippen LogP contribution in [0.25, 0.3) is 10.8 Å². The molecule has 1 aromatic heterocycles. The molecule has 2 nitrogen and oxygen atoms in total. The molecule has 112 valence electrons. The Morgan fingerprint density at radius 2 is 1.68 bits per heavy atom. The second-order valence-corrected chi connectivity index (χ2v) is 5.88. The van der Waals surface area contributed by atoms with E-state index in [9.17, 15) is 0 Å². The maximum absolute atomic E-state index is 4.54. The lowest BCUT2D eigenvalue weighted by Gasteiger charge is -2.13. The van der Waals surface area contributed by atoms with Crippen LogP contribution >= 0.6 is 0 Å². The van der Waals surface area contributed by atoms with Crippen molar-refractivity contribution in [1.29, 1.82) is 0 Å². The van der Waals surface area contributed by atoms with E-state index < -0.39 is 0 Å². The minimum atomic E-state index is 0.923. The van der Waals surface area contributed by atoms with Crippen molar-refractivity contribution in [3.8, 4) is 0 Å². The lowest BCUT2D eigenvalue weighted by atomic mass is 10.0. The fraction of sp³-hybridized carbons (Fsp3) is 0.250.